The summed E-state index contributed by atoms with van der Waals surface area (Å²) in [5.74, 6) is 6.63. The first-order chi connectivity index (χ1) is 13.6. The number of nitrogens with one attached hydrogen (secondary N) is 1. The van der Waals surface area contributed by atoms with Gasteiger partial charge in [-0.05, 0) is 18.4 Å². The Kier molecular flexibility index (Phi) is 5.42. The van der Waals surface area contributed by atoms with E-state index >= 15 is 0 Å². The fourth-order valence-corrected chi connectivity index (χ4v) is 4.52. The van der Waals surface area contributed by atoms with Crippen LogP contribution in [-0.2, 0) is 4.79 Å². The Bertz CT molecular complexity index is 1090. The van der Waals surface area contributed by atoms with E-state index in [0.717, 1.165) is 16.1 Å². The van der Waals surface area contributed by atoms with E-state index in [1.165, 1.54) is 44.7 Å². The van der Waals surface area contributed by atoms with E-state index in [-0.39, 0.29) is 11.7 Å². The molecule has 3 N–H and O–H groups in total. The summed E-state index contributed by atoms with van der Waals surface area (Å²) >= 11 is 4.16. The van der Waals surface area contributed by atoms with E-state index in [2.05, 4.69) is 20.5 Å². The van der Waals surface area contributed by atoms with Crippen molar-refractivity contribution in [2.75, 3.05) is 16.9 Å². The summed E-state index contributed by atoms with van der Waals surface area (Å²) < 4.78 is 1.41. The molecule has 0 saturated heterocycles. The summed E-state index contributed by atoms with van der Waals surface area (Å²) in [5, 5.41) is 15.9. The number of thioether (sulfide) groups is 1. The maximum atomic E-state index is 12.3. The van der Waals surface area contributed by atoms with Gasteiger partial charge in [0.2, 0.25) is 11.1 Å². The number of hydrogen-bond acceptors (Lipinski definition) is 8. The van der Waals surface area contributed by atoms with Crippen molar-refractivity contribution < 1.29 is 4.79 Å². The minimum absolute atomic E-state index is 0.166. The maximum absolute atomic E-state index is 12.3. The molecule has 0 unspecified atom stereocenters. The zero-order valence-corrected chi connectivity index (χ0v) is 17.3. The second-order valence-electron chi connectivity index (χ2n) is 5.89. The van der Waals surface area contributed by atoms with Crippen LogP contribution >= 0.6 is 34.4 Å². The molecule has 1 aromatic carbocycles. The summed E-state index contributed by atoms with van der Waals surface area (Å²) in [6.07, 6.45) is 0. The van der Waals surface area contributed by atoms with E-state index in [1.54, 1.807) is 0 Å². The maximum Gasteiger partial charge on any atom is 0.236 e. The fourth-order valence-electron chi connectivity index (χ4n) is 2.42. The van der Waals surface area contributed by atoms with Gasteiger partial charge < -0.3 is 11.2 Å². The highest BCUT2D eigenvalue weighted by molar-refractivity contribution is 7.99. The number of benzene rings is 1. The first kappa shape index (κ1) is 18.7. The van der Waals surface area contributed by atoms with Crippen LogP contribution in [0.5, 0.6) is 0 Å². The van der Waals surface area contributed by atoms with E-state index in [1.807, 2.05) is 54.1 Å². The van der Waals surface area contributed by atoms with Gasteiger partial charge in [-0.2, -0.15) is 0 Å². The largest absolute Gasteiger partial charge is 0.335 e. The zero-order chi connectivity index (χ0) is 19.5. The lowest BCUT2D eigenvalue weighted by Crippen LogP contribution is -2.16. The second-order valence-corrected chi connectivity index (χ2v) is 8.64. The predicted octanol–water partition coefficient (Wildman–Crippen LogP) is 3.88. The topological polar surface area (TPSA) is 98.7 Å². The number of anilines is 1. The first-order valence-corrected chi connectivity index (χ1v) is 11.0. The van der Waals surface area contributed by atoms with Crippen LogP contribution in [0.4, 0.5) is 5.13 Å². The van der Waals surface area contributed by atoms with E-state index in [0.29, 0.717) is 16.1 Å². The number of nitrogens with zero attached hydrogens (tertiary/aromatic N) is 4. The molecule has 0 aliphatic rings. The van der Waals surface area contributed by atoms with Gasteiger partial charge >= 0.3 is 0 Å². The van der Waals surface area contributed by atoms with Gasteiger partial charge in [0.25, 0.3) is 0 Å². The highest BCUT2D eigenvalue weighted by Crippen LogP contribution is 2.27. The third-order valence-corrected chi connectivity index (χ3v) is 6.40. The molecule has 0 bridgehead atoms. The van der Waals surface area contributed by atoms with Crippen molar-refractivity contribution in [2.45, 2.75) is 12.1 Å². The molecule has 0 spiro atoms. The van der Waals surface area contributed by atoms with Gasteiger partial charge in [0.15, 0.2) is 11.0 Å². The molecule has 28 heavy (non-hydrogen) atoms. The number of carbonyl (C=O) groups excluding carboxylic acids is 1. The number of carbonyl (C=O) groups is 1. The molecule has 1 amide bonds. The Morgan fingerprint density at radius 2 is 2.04 bits per heavy atom. The minimum atomic E-state index is -0.171. The van der Waals surface area contributed by atoms with Gasteiger partial charge in [-0.1, -0.05) is 47.7 Å². The van der Waals surface area contributed by atoms with Gasteiger partial charge in [0.05, 0.1) is 16.3 Å². The Hall–Kier alpha value is -2.69. The number of aryl methyl sites for hydroxylation is 1. The van der Waals surface area contributed by atoms with Crippen molar-refractivity contribution in [1.29, 1.82) is 0 Å². The van der Waals surface area contributed by atoms with E-state index in [4.69, 9.17) is 5.84 Å². The lowest BCUT2D eigenvalue weighted by molar-refractivity contribution is -0.113. The number of thiazole rings is 1. The van der Waals surface area contributed by atoms with Crippen molar-refractivity contribution in [3.05, 3.63) is 52.7 Å². The van der Waals surface area contributed by atoms with Crippen molar-refractivity contribution in [3.8, 4) is 22.0 Å². The van der Waals surface area contributed by atoms with Crippen LogP contribution in [0.3, 0.4) is 0 Å². The molecular formula is C18H16N6OS3. The number of hydrogen-bond donors (Lipinski definition) is 2. The highest BCUT2D eigenvalue weighted by atomic mass is 32.2. The molecule has 3 aromatic heterocycles. The summed E-state index contributed by atoms with van der Waals surface area (Å²) in [6.45, 7) is 2.04. The molecule has 4 rings (SSSR count). The normalized spacial score (nSPS) is 10.9. The van der Waals surface area contributed by atoms with Crippen LogP contribution < -0.4 is 11.2 Å². The van der Waals surface area contributed by atoms with Crippen molar-refractivity contribution in [1.82, 2.24) is 19.9 Å². The van der Waals surface area contributed by atoms with Crippen LogP contribution in [-0.4, -0.2) is 31.5 Å². The van der Waals surface area contributed by atoms with Crippen LogP contribution in [0.25, 0.3) is 22.0 Å². The van der Waals surface area contributed by atoms with E-state index in [9.17, 15) is 4.79 Å². The second kappa shape index (κ2) is 8.13. The number of rotatable bonds is 6. The average Bonchev–Trinajstić information content (AvgIpc) is 3.42. The number of aromatic nitrogens is 4. The van der Waals surface area contributed by atoms with Crippen LogP contribution in [0.15, 0.2) is 52.3 Å². The molecule has 0 aliphatic heterocycles. The Balaban J connectivity index is 1.36. The van der Waals surface area contributed by atoms with Gasteiger partial charge in [0.1, 0.15) is 0 Å². The quantitative estimate of drug-likeness (QED) is 0.357. The molecular weight excluding hydrogens is 412 g/mol. The number of thiophene rings is 1. The lowest BCUT2D eigenvalue weighted by Gasteiger charge is -2.03. The predicted molar refractivity (Wildman–Crippen MR) is 115 cm³/mol. The van der Waals surface area contributed by atoms with Crippen LogP contribution in [0, 0.1) is 6.92 Å². The van der Waals surface area contributed by atoms with Gasteiger partial charge in [-0.25, -0.2) is 9.66 Å². The standard InChI is InChI=1S/C18H16N6OS3/c1-11-4-6-12(7-5-11)13-9-27-17(20-13)21-15(25)10-28-18-23-22-16(24(18)19)14-3-2-8-26-14/h2-9H,10,19H2,1H3,(H,20,21,25). The molecule has 3 heterocycles. The van der Waals surface area contributed by atoms with Crippen molar-refractivity contribution in [3.63, 3.8) is 0 Å². The van der Waals surface area contributed by atoms with Gasteiger partial charge in [-0.3, -0.25) is 4.79 Å². The average molecular weight is 429 g/mol. The fraction of sp³-hybridized carbons (Fsp3) is 0.111. The highest BCUT2D eigenvalue weighted by Gasteiger charge is 2.15. The molecule has 0 radical (unpaired) electrons. The van der Waals surface area contributed by atoms with Crippen molar-refractivity contribution in [2.24, 2.45) is 0 Å². The zero-order valence-electron chi connectivity index (χ0n) is 14.8. The summed E-state index contributed by atoms with van der Waals surface area (Å²) in [7, 11) is 0. The molecule has 0 aliphatic carbocycles. The van der Waals surface area contributed by atoms with Crippen LogP contribution in [0.1, 0.15) is 5.56 Å². The molecule has 4 aromatic rings. The SMILES string of the molecule is Cc1ccc(-c2csc(NC(=O)CSc3nnc(-c4cccs4)n3N)n2)cc1. The smallest absolute Gasteiger partial charge is 0.236 e. The van der Waals surface area contributed by atoms with Gasteiger partial charge in [0, 0.05) is 10.9 Å². The number of amides is 1. The van der Waals surface area contributed by atoms with Crippen molar-refractivity contribution >= 4 is 45.5 Å². The molecule has 0 saturated carbocycles. The van der Waals surface area contributed by atoms with Crippen LogP contribution in [0.2, 0.25) is 0 Å². The number of nitrogen functional groups attached to an aromatic ring is 1. The minimum Gasteiger partial charge on any atom is -0.335 e. The molecule has 7 nitrogen and oxygen atoms in total. The summed E-state index contributed by atoms with van der Waals surface area (Å²) in [5.41, 5.74) is 3.06. The third kappa shape index (κ3) is 4.08. The molecule has 10 heteroatoms. The molecule has 142 valence electrons. The third-order valence-electron chi connectivity index (χ3n) is 3.84. The monoisotopic (exact) mass is 428 g/mol. The lowest BCUT2D eigenvalue weighted by atomic mass is 10.1. The summed E-state index contributed by atoms with van der Waals surface area (Å²) in [6, 6.07) is 12.0. The Labute approximate surface area is 173 Å². The summed E-state index contributed by atoms with van der Waals surface area (Å²) in [4.78, 5) is 17.7. The Morgan fingerprint density at radius 1 is 1.21 bits per heavy atom. The Morgan fingerprint density at radius 3 is 2.79 bits per heavy atom. The number of nitrogens with two attached hydrogens (primary N) is 1. The molecule has 0 atom stereocenters. The van der Waals surface area contributed by atoms with Gasteiger partial charge in [-0.15, -0.1) is 32.9 Å². The molecule has 0 fully saturated rings. The first-order valence-electron chi connectivity index (χ1n) is 8.30. The van der Waals surface area contributed by atoms with E-state index < -0.39 is 0 Å².